The highest BCUT2D eigenvalue weighted by atomic mass is 15.1. The minimum absolute atomic E-state index is 0.846. The van der Waals surface area contributed by atoms with Crippen LogP contribution in [0.25, 0.3) is 0 Å². The molecule has 1 N–H and O–H groups in total. The first kappa shape index (κ1) is 13.6. The topological polar surface area (TPSA) is 33.1 Å². The van der Waals surface area contributed by atoms with Gasteiger partial charge in [0.05, 0.1) is 0 Å². The Morgan fingerprint density at radius 3 is 3.06 bits per heavy atom. The molecule has 0 bridgehead atoms. The molecule has 1 unspecified atom stereocenters. The third-order valence-electron chi connectivity index (χ3n) is 3.89. The minimum atomic E-state index is 0.846. The molecule has 0 aliphatic carbocycles. The average molecular weight is 250 g/mol. The van der Waals surface area contributed by atoms with Crippen molar-refractivity contribution in [2.45, 2.75) is 32.7 Å². The summed E-state index contributed by atoms with van der Waals surface area (Å²) >= 11 is 0. The van der Waals surface area contributed by atoms with Gasteiger partial charge in [-0.1, -0.05) is 0 Å². The fraction of sp³-hybridized carbons (Fsp3) is 0.786. The molecule has 0 saturated carbocycles. The van der Waals surface area contributed by atoms with E-state index in [4.69, 9.17) is 0 Å². The summed E-state index contributed by atoms with van der Waals surface area (Å²) in [5, 5.41) is 3.30. The lowest BCUT2D eigenvalue weighted by atomic mass is 9.98. The maximum Gasteiger partial charge on any atom is 0.105 e. The standard InChI is InChI=1S/C14H26N4/c1-13-16-6-10-18(13)9-4-8-17-7-3-5-14(12-17)11-15-2/h6,10,14-15H,3-5,7-9,11-12H2,1-2H3. The lowest BCUT2D eigenvalue weighted by Gasteiger charge is -2.32. The molecule has 1 aromatic rings. The summed E-state index contributed by atoms with van der Waals surface area (Å²) < 4.78 is 2.25. The van der Waals surface area contributed by atoms with E-state index in [0.29, 0.717) is 0 Å². The maximum atomic E-state index is 4.26. The van der Waals surface area contributed by atoms with Gasteiger partial charge in [0, 0.05) is 25.5 Å². The van der Waals surface area contributed by atoms with Crippen molar-refractivity contribution in [1.82, 2.24) is 19.8 Å². The van der Waals surface area contributed by atoms with Gasteiger partial charge < -0.3 is 14.8 Å². The highest BCUT2D eigenvalue weighted by molar-refractivity contribution is 4.88. The Kier molecular flexibility index (Phi) is 5.20. The third-order valence-corrected chi connectivity index (χ3v) is 3.89. The third kappa shape index (κ3) is 3.82. The fourth-order valence-corrected chi connectivity index (χ4v) is 2.91. The second kappa shape index (κ2) is 6.90. The van der Waals surface area contributed by atoms with Crippen LogP contribution in [-0.4, -0.2) is 47.7 Å². The summed E-state index contributed by atoms with van der Waals surface area (Å²) in [4.78, 5) is 6.88. The molecule has 102 valence electrons. The molecule has 0 radical (unpaired) electrons. The number of piperidine rings is 1. The Bertz CT molecular complexity index is 345. The molecule has 18 heavy (non-hydrogen) atoms. The van der Waals surface area contributed by atoms with Gasteiger partial charge in [-0.2, -0.15) is 0 Å². The van der Waals surface area contributed by atoms with Gasteiger partial charge in [-0.25, -0.2) is 4.98 Å². The zero-order valence-corrected chi connectivity index (χ0v) is 11.7. The number of aromatic nitrogens is 2. The van der Waals surface area contributed by atoms with Crippen LogP contribution in [0.4, 0.5) is 0 Å². The Morgan fingerprint density at radius 2 is 2.33 bits per heavy atom. The highest BCUT2D eigenvalue weighted by Crippen LogP contribution is 2.15. The van der Waals surface area contributed by atoms with Crippen molar-refractivity contribution in [3.8, 4) is 0 Å². The van der Waals surface area contributed by atoms with Crippen LogP contribution in [0.2, 0.25) is 0 Å². The van der Waals surface area contributed by atoms with E-state index >= 15 is 0 Å². The van der Waals surface area contributed by atoms with Crippen LogP contribution in [0.5, 0.6) is 0 Å². The highest BCUT2D eigenvalue weighted by Gasteiger charge is 2.18. The molecule has 1 saturated heterocycles. The molecule has 0 spiro atoms. The first-order chi connectivity index (χ1) is 8.79. The molecule has 1 atom stereocenters. The van der Waals surface area contributed by atoms with Crippen LogP contribution in [0.15, 0.2) is 12.4 Å². The first-order valence-corrected chi connectivity index (χ1v) is 7.14. The normalized spacial score (nSPS) is 21.3. The van der Waals surface area contributed by atoms with Gasteiger partial charge >= 0.3 is 0 Å². The predicted molar refractivity (Wildman–Crippen MR) is 74.7 cm³/mol. The molecule has 0 aromatic carbocycles. The molecule has 1 fully saturated rings. The molecule has 4 heteroatoms. The summed E-state index contributed by atoms with van der Waals surface area (Å²) in [5.74, 6) is 1.97. The number of nitrogens with one attached hydrogen (secondary N) is 1. The second-order valence-electron chi connectivity index (χ2n) is 5.39. The maximum absolute atomic E-state index is 4.26. The van der Waals surface area contributed by atoms with Gasteiger partial charge in [-0.3, -0.25) is 0 Å². The number of rotatable bonds is 6. The summed E-state index contributed by atoms with van der Waals surface area (Å²) in [6.07, 6.45) is 7.94. The van der Waals surface area contributed by atoms with Crippen molar-refractivity contribution in [1.29, 1.82) is 0 Å². The van der Waals surface area contributed by atoms with Crippen molar-refractivity contribution in [3.63, 3.8) is 0 Å². The molecule has 2 rings (SSSR count). The van der Waals surface area contributed by atoms with E-state index in [-0.39, 0.29) is 0 Å². The van der Waals surface area contributed by atoms with E-state index in [9.17, 15) is 0 Å². The Labute approximate surface area is 110 Å². The quantitative estimate of drug-likeness (QED) is 0.831. The Morgan fingerprint density at radius 1 is 1.44 bits per heavy atom. The zero-order chi connectivity index (χ0) is 12.8. The van der Waals surface area contributed by atoms with Crippen LogP contribution in [-0.2, 0) is 6.54 Å². The van der Waals surface area contributed by atoms with Gasteiger partial charge in [0.25, 0.3) is 0 Å². The number of hydrogen-bond donors (Lipinski definition) is 1. The number of likely N-dealkylation sites (tertiary alicyclic amines) is 1. The summed E-state index contributed by atoms with van der Waals surface area (Å²) in [6, 6.07) is 0. The van der Waals surface area contributed by atoms with E-state index < -0.39 is 0 Å². The van der Waals surface area contributed by atoms with E-state index in [1.807, 2.05) is 6.20 Å². The van der Waals surface area contributed by atoms with Crippen molar-refractivity contribution < 1.29 is 0 Å². The first-order valence-electron chi connectivity index (χ1n) is 7.14. The van der Waals surface area contributed by atoms with E-state index in [2.05, 4.69) is 39.9 Å². The van der Waals surface area contributed by atoms with E-state index in [1.54, 1.807) is 0 Å². The van der Waals surface area contributed by atoms with E-state index in [0.717, 1.165) is 24.8 Å². The Hall–Kier alpha value is -0.870. The van der Waals surface area contributed by atoms with Crippen LogP contribution in [0.3, 0.4) is 0 Å². The molecule has 1 aliphatic rings. The van der Waals surface area contributed by atoms with Crippen LogP contribution in [0, 0.1) is 12.8 Å². The fourth-order valence-electron chi connectivity index (χ4n) is 2.91. The average Bonchev–Trinajstić information content (AvgIpc) is 2.76. The van der Waals surface area contributed by atoms with Crippen LogP contribution < -0.4 is 5.32 Å². The van der Waals surface area contributed by atoms with Crippen molar-refractivity contribution in [2.75, 3.05) is 33.2 Å². The van der Waals surface area contributed by atoms with Gasteiger partial charge in [0.2, 0.25) is 0 Å². The van der Waals surface area contributed by atoms with Crippen LogP contribution in [0.1, 0.15) is 25.1 Å². The smallest absolute Gasteiger partial charge is 0.105 e. The summed E-state index contributed by atoms with van der Waals surface area (Å²) in [6.45, 7) is 8.10. The zero-order valence-electron chi connectivity index (χ0n) is 11.7. The Balaban J connectivity index is 1.68. The number of aryl methyl sites for hydroxylation is 2. The number of hydrogen-bond acceptors (Lipinski definition) is 3. The molecule has 4 nitrogen and oxygen atoms in total. The SMILES string of the molecule is CNCC1CCCN(CCCn2ccnc2C)C1. The largest absolute Gasteiger partial charge is 0.335 e. The van der Waals surface area contributed by atoms with Crippen molar-refractivity contribution >= 4 is 0 Å². The number of nitrogens with zero attached hydrogens (tertiary/aromatic N) is 3. The van der Waals surface area contributed by atoms with E-state index in [1.165, 1.54) is 38.9 Å². The summed E-state index contributed by atoms with van der Waals surface area (Å²) in [5.41, 5.74) is 0. The van der Waals surface area contributed by atoms with Crippen molar-refractivity contribution in [2.24, 2.45) is 5.92 Å². The van der Waals surface area contributed by atoms with Gasteiger partial charge in [-0.05, 0) is 58.8 Å². The second-order valence-corrected chi connectivity index (χ2v) is 5.39. The van der Waals surface area contributed by atoms with Gasteiger partial charge in [-0.15, -0.1) is 0 Å². The summed E-state index contributed by atoms with van der Waals surface area (Å²) in [7, 11) is 2.06. The lowest BCUT2D eigenvalue weighted by molar-refractivity contribution is 0.170. The molecule has 2 heterocycles. The minimum Gasteiger partial charge on any atom is -0.335 e. The van der Waals surface area contributed by atoms with Gasteiger partial charge in [0.15, 0.2) is 0 Å². The van der Waals surface area contributed by atoms with Crippen LogP contribution >= 0.6 is 0 Å². The lowest BCUT2D eigenvalue weighted by Crippen LogP contribution is -2.39. The molecular formula is C14H26N4. The molecule has 0 amide bonds. The monoisotopic (exact) mass is 250 g/mol. The predicted octanol–water partition coefficient (Wildman–Crippen LogP) is 1.51. The molecular weight excluding hydrogens is 224 g/mol. The van der Waals surface area contributed by atoms with Gasteiger partial charge in [0.1, 0.15) is 5.82 Å². The number of imidazole rings is 1. The van der Waals surface area contributed by atoms with Crippen molar-refractivity contribution in [3.05, 3.63) is 18.2 Å². The molecule has 1 aromatic heterocycles. The molecule has 1 aliphatic heterocycles.